The molecule has 10 rings (SSSR count). The summed E-state index contributed by atoms with van der Waals surface area (Å²) in [6.45, 7) is 0. The minimum Gasteiger partial charge on any atom is -0.453 e. The Balaban J connectivity index is 1.31. The first-order chi connectivity index (χ1) is 24.3. The molecule has 49 heavy (non-hydrogen) atoms. The van der Waals surface area contributed by atoms with Crippen LogP contribution >= 0.6 is 0 Å². The zero-order chi connectivity index (χ0) is 32.4. The Labute approximate surface area is 285 Å². The average molecular weight is 626 g/mol. The molecule has 0 aliphatic heterocycles. The van der Waals surface area contributed by atoms with Gasteiger partial charge in [0.1, 0.15) is 5.58 Å². The number of nitrogens with zero attached hydrogens (tertiary/aromatic N) is 1. The van der Waals surface area contributed by atoms with Crippen molar-refractivity contribution < 1.29 is 4.42 Å². The van der Waals surface area contributed by atoms with E-state index in [9.17, 15) is 0 Å². The lowest BCUT2D eigenvalue weighted by Gasteiger charge is -2.33. The molecule has 2 heteroatoms. The summed E-state index contributed by atoms with van der Waals surface area (Å²) in [5.41, 5.74) is 11.9. The van der Waals surface area contributed by atoms with Gasteiger partial charge in [0.2, 0.25) is 0 Å². The van der Waals surface area contributed by atoms with Gasteiger partial charge in [0, 0.05) is 27.4 Å². The molecular formula is C47H31NO. The van der Waals surface area contributed by atoms with Gasteiger partial charge < -0.3 is 9.32 Å². The highest BCUT2D eigenvalue weighted by atomic mass is 16.3. The molecule has 0 bridgehead atoms. The van der Waals surface area contributed by atoms with Crippen molar-refractivity contribution in [3.8, 4) is 11.1 Å². The third-order valence-electron chi connectivity index (χ3n) is 10.3. The fraction of sp³-hybridized carbons (Fsp3) is 0.0213. The molecular weight excluding hydrogens is 595 g/mol. The van der Waals surface area contributed by atoms with E-state index >= 15 is 0 Å². The molecule has 2 nitrogen and oxygen atoms in total. The monoisotopic (exact) mass is 625 g/mol. The van der Waals surface area contributed by atoms with Crippen LogP contribution in [0.1, 0.15) is 22.3 Å². The number of hydrogen-bond acceptors (Lipinski definition) is 2. The summed E-state index contributed by atoms with van der Waals surface area (Å²) in [5, 5.41) is 4.59. The second kappa shape index (κ2) is 10.8. The van der Waals surface area contributed by atoms with Crippen molar-refractivity contribution in [1.29, 1.82) is 0 Å². The van der Waals surface area contributed by atoms with E-state index in [4.69, 9.17) is 4.42 Å². The summed E-state index contributed by atoms with van der Waals surface area (Å²) in [5.74, 6) is 0. The first kappa shape index (κ1) is 27.7. The van der Waals surface area contributed by atoms with E-state index in [1.165, 1.54) is 38.6 Å². The van der Waals surface area contributed by atoms with Crippen LogP contribution < -0.4 is 4.90 Å². The SMILES string of the molecule is c1ccc(N(c2cccc3ccccc23)c2cccc3c2oc2c(C4(c5ccccc5)c5ccccc5-c5ccccc54)cccc23)cc1. The fourth-order valence-electron chi connectivity index (χ4n) is 8.34. The molecule has 0 saturated carbocycles. The lowest BCUT2D eigenvalue weighted by Crippen LogP contribution is -2.28. The number of para-hydroxylation sites is 3. The Hall–Kier alpha value is -6.38. The van der Waals surface area contributed by atoms with Gasteiger partial charge in [-0.05, 0) is 57.5 Å². The summed E-state index contributed by atoms with van der Waals surface area (Å²) in [6, 6.07) is 67.7. The third-order valence-corrected chi connectivity index (χ3v) is 10.3. The zero-order valence-electron chi connectivity index (χ0n) is 26.8. The Bertz CT molecular complexity index is 2620. The van der Waals surface area contributed by atoms with Crippen molar-refractivity contribution in [1.82, 2.24) is 0 Å². The molecule has 0 unspecified atom stereocenters. The highest BCUT2D eigenvalue weighted by molar-refractivity contribution is 6.13. The van der Waals surface area contributed by atoms with E-state index in [1.54, 1.807) is 0 Å². The molecule has 9 aromatic rings. The smallest absolute Gasteiger partial charge is 0.159 e. The standard InChI is InChI=1S/C47H31NO/c1-3-18-33(19-4-1)47(40-27-11-9-23-36(40)37-24-10-12-28-41(37)47)42-29-14-25-38-39-26-15-31-44(46(39)49-45(38)42)48(34-20-5-2-6-21-34)43-30-13-17-32-16-7-8-22-35(32)43/h1-31H. The maximum absolute atomic E-state index is 7.30. The van der Waals surface area contributed by atoms with Crippen LogP contribution in [0.3, 0.4) is 0 Å². The molecule has 1 aliphatic carbocycles. The number of hydrogen-bond donors (Lipinski definition) is 0. The molecule has 0 N–H and O–H groups in total. The quantitative estimate of drug-likeness (QED) is 0.189. The van der Waals surface area contributed by atoms with Gasteiger partial charge in [-0.3, -0.25) is 0 Å². The van der Waals surface area contributed by atoms with Gasteiger partial charge in [-0.15, -0.1) is 0 Å². The Kier molecular flexibility index (Phi) is 6.13. The normalized spacial score (nSPS) is 13.1. The lowest BCUT2D eigenvalue weighted by molar-refractivity contribution is 0.648. The Morgan fingerprint density at radius 1 is 0.367 bits per heavy atom. The largest absolute Gasteiger partial charge is 0.453 e. The van der Waals surface area contributed by atoms with Crippen molar-refractivity contribution in [2.45, 2.75) is 5.41 Å². The summed E-state index contributed by atoms with van der Waals surface area (Å²) in [4.78, 5) is 2.35. The van der Waals surface area contributed by atoms with E-state index < -0.39 is 5.41 Å². The predicted octanol–water partition coefficient (Wildman–Crippen LogP) is 12.6. The predicted molar refractivity (Wildman–Crippen MR) is 203 cm³/mol. The fourth-order valence-corrected chi connectivity index (χ4v) is 8.34. The van der Waals surface area contributed by atoms with Gasteiger partial charge in [0.15, 0.2) is 5.58 Å². The van der Waals surface area contributed by atoms with Gasteiger partial charge in [-0.25, -0.2) is 0 Å². The van der Waals surface area contributed by atoms with Crippen molar-refractivity contribution in [3.05, 3.63) is 210 Å². The molecule has 0 fully saturated rings. The topological polar surface area (TPSA) is 16.4 Å². The van der Waals surface area contributed by atoms with Crippen LogP contribution in [0.15, 0.2) is 192 Å². The third kappa shape index (κ3) is 3.95. The molecule has 1 aromatic heterocycles. The summed E-state index contributed by atoms with van der Waals surface area (Å²) in [6.07, 6.45) is 0. The van der Waals surface area contributed by atoms with E-state index in [0.717, 1.165) is 44.6 Å². The van der Waals surface area contributed by atoms with E-state index in [2.05, 4.69) is 193 Å². The van der Waals surface area contributed by atoms with Gasteiger partial charge in [0.25, 0.3) is 0 Å². The number of benzene rings is 8. The van der Waals surface area contributed by atoms with Crippen molar-refractivity contribution in [3.63, 3.8) is 0 Å². The van der Waals surface area contributed by atoms with E-state index in [1.807, 2.05) is 0 Å². The average Bonchev–Trinajstić information content (AvgIpc) is 3.71. The second-order valence-electron chi connectivity index (χ2n) is 12.8. The number of anilines is 3. The number of furan rings is 1. The lowest BCUT2D eigenvalue weighted by atomic mass is 9.67. The number of rotatable bonds is 5. The van der Waals surface area contributed by atoms with Crippen LogP contribution in [0.5, 0.6) is 0 Å². The molecule has 1 aliphatic rings. The minimum absolute atomic E-state index is 0.559. The Morgan fingerprint density at radius 2 is 0.878 bits per heavy atom. The van der Waals surface area contributed by atoms with Crippen LogP contribution in [0.4, 0.5) is 17.1 Å². The van der Waals surface area contributed by atoms with E-state index in [-0.39, 0.29) is 0 Å². The molecule has 0 radical (unpaired) electrons. The minimum atomic E-state index is -0.559. The molecule has 0 saturated heterocycles. The van der Waals surface area contributed by atoms with Crippen LogP contribution in [-0.2, 0) is 5.41 Å². The van der Waals surface area contributed by atoms with Gasteiger partial charge in [-0.2, -0.15) is 0 Å². The number of fused-ring (bicyclic) bond motifs is 7. The summed E-state index contributed by atoms with van der Waals surface area (Å²) < 4.78 is 7.30. The maximum Gasteiger partial charge on any atom is 0.159 e. The van der Waals surface area contributed by atoms with Gasteiger partial charge in [-0.1, -0.05) is 164 Å². The van der Waals surface area contributed by atoms with Crippen molar-refractivity contribution in [2.75, 3.05) is 4.90 Å². The van der Waals surface area contributed by atoms with E-state index in [0.29, 0.717) is 0 Å². The highest BCUT2D eigenvalue weighted by Crippen LogP contribution is 2.58. The van der Waals surface area contributed by atoms with Crippen LogP contribution in [-0.4, -0.2) is 0 Å². The molecule has 1 heterocycles. The first-order valence-corrected chi connectivity index (χ1v) is 16.9. The first-order valence-electron chi connectivity index (χ1n) is 16.9. The van der Waals surface area contributed by atoms with Gasteiger partial charge in [0.05, 0.1) is 16.8 Å². The van der Waals surface area contributed by atoms with Gasteiger partial charge >= 0.3 is 0 Å². The van der Waals surface area contributed by atoms with Crippen LogP contribution in [0, 0.1) is 0 Å². The van der Waals surface area contributed by atoms with Crippen LogP contribution in [0.25, 0.3) is 43.8 Å². The summed E-state index contributed by atoms with van der Waals surface area (Å²) in [7, 11) is 0. The molecule has 0 amide bonds. The molecule has 0 spiro atoms. The second-order valence-corrected chi connectivity index (χ2v) is 12.8. The Morgan fingerprint density at radius 3 is 1.63 bits per heavy atom. The molecule has 0 atom stereocenters. The van der Waals surface area contributed by atoms with Crippen LogP contribution in [0.2, 0.25) is 0 Å². The molecule has 230 valence electrons. The maximum atomic E-state index is 7.30. The summed E-state index contributed by atoms with van der Waals surface area (Å²) >= 11 is 0. The van der Waals surface area contributed by atoms with Crippen molar-refractivity contribution in [2.24, 2.45) is 0 Å². The van der Waals surface area contributed by atoms with Crippen molar-refractivity contribution >= 4 is 49.8 Å². The molecule has 8 aromatic carbocycles. The zero-order valence-corrected chi connectivity index (χ0v) is 26.8. The highest BCUT2D eigenvalue weighted by Gasteiger charge is 2.47.